The molecule has 2 unspecified atom stereocenters. The van der Waals surface area contributed by atoms with Gasteiger partial charge in [-0.25, -0.2) is 0 Å². The van der Waals surface area contributed by atoms with Gasteiger partial charge in [-0.2, -0.15) is 0 Å². The van der Waals surface area contributed by atoms with Crippen LogP contribution in [-0.2, 0) is 23.9 Å². The molecule has 2 aliphatic rings. The van der Waals surface area contributed by atoms with Gasteiger partial charge in [-0.1, -0.05) is 6.08 Å². The number of ether oxygens (including phenoxy) is 2. The van der Waals surface area contributed by atoms with E-state index in [1.807, 2.05) is 6.08 Å². The van der Waals surface area contributed by atoms with E-state index in [0.29, 0.717) is 37.9 Å². The van der Waals surface area contributed by atoms with E-state index in [1.165, 1.54) is 7.11 Å². The largest absolute Gasteiger partial charge is 0.468 e. The summed E-state index contributed by atoms with van der Waals surface area (Å²) in [6.45, 7) is 1.99. The summed E-state index contributed by atoms with van der Waals surface area (Å²) in [6, 6.07) is 0. The number of methoxy groups -OCH3 is 1. The van der Waals surface area contributed by atoms with Gasteiger partial charge in [0.15, 0.2) is 5.78 Å². The van der Waals surface area contributed by atoms with Crippen molar-refractivity contribution in [2.75, 3.05) is 13.7 Å². The van der Waals surface area contributed by atoms with Crippen molar-refractivity contribution >= 4 is 17.7 Å². The molecule has 0 bridgehead atoms. The van der Waals surface area contributed by atoms with Crippen molar-refractivity contribution in [1.29, 1.82) is 0 Å². The van der Waals surface area contributed by atoms with Gasteiger partial charge in [0.2, 0.25) is 0 Å². The zero-order chi connectivity index (χ0) is 14.0. The predicted molar refractivity (Wildman–Crippen MR) is 66.1 cm³/mol. The van der Waals surface area contributed by atoms with Crippen LogP contribution in [0.3, 0.4) is 0 Å². The van der Waals surface area contributed by atoms with Crippen LogP contribution in [0.25, 0.3) is 0 Å². The van der Waals surface area contributed by atoms with Crippen molar-refractivity contribution < 1.29 is 23.9 Å². The van der Waals surface area contributed by atoms with Crippen LogP contribution in [-0.4, -0.2) is 31.4 Å². The number of Topliss-reactive ketones (excluding diaryl/α,β-unsaturated/α-hetero) is 1. The summed E-state index contributed by atoms with van der Waals surface area (Å²) in [4.78, 5) is 35.3. The Bertz CT molecular complexity index is 451. The number of ketones is 1. The SMILES string of the molecule is COC(=O)C1(C)CCC=C(CC2COC(=O)C2)C1=O. The van der Waals surface area contributed by atoms with Gasteiger partial charge in [0, 0.05) is 5.92 Å². The number of carbonyl (C=O) groups is 3. The Morgan fingerprint density at radius 2 is 2.26 bits per heavy atom. The summed E-state index contributed by atoms with van der Waals surface area (Å²) in [5.41, 5.74) is -0.454. The summed E-state index contributed by atoms with van der Waals surface area (Å²) in [7, 11) is 1.29. The minimum absolute atomic E-state index is 0.0442. The monoisotopic (exact) mass is 266 g/mol. The lowest BCUT2D eigenvalue weighted by Crippen LogP contribution is -2.40. The molecule has 104 valence electrons. The van der Waals surface area contributed by atoms with Crippen LogP contribution in [0.15, 0.2) is 11.6 Å². The lowest BCUT2D eigenvalue weighted by molar-refractivity contribution is -0.156. The van der Waals surface area contributed by atoms with E-state index >= 15 is 0 Å². The minimum atomic E-state index is -1.08. The van der Waals surface area contributed by atoms with E-state index in [0.717, 1.165) is 0 Å². The fourth-order valence-electron chi connectivity index (χ4n) is 2.70. The maximum absolute atomic E-state index is 12.4. The van der Waals surface area contributed by atoms with E-state index in [9.17, 15) is 14.4 Å². The Morgan fingerprint density at radius 3 is 2.84 bits per heavy atom. The average Bonchev–Trinajstić information content (AvgIpc) is 2.79. The summed E-state index contributed by atoms with van der Waals surface area (Å²) in [6.07, 6.45) is 3.86. The van der Waals surface area contributed by atoms with E-state index in [1.54, 1.807) is 6.92 Å². The minimum Gasteiger partial charge on any atom is -0.468 e. The zero-order valence-electron chi connectivity index (χ0n) is 11.2. The first-order valence-electron chi connectivity index (χ1n) is 6.45. The standard InChI is InChI=1S/C14H18O5/c1-14(13(17)18-2)5-3-4-10(12(14)16)6-9-7-11(15)19-8-9/h4,9H,3,5-8H2,1-2H3. The maximum Gasteiger partial charge on any atom is 0.319 e. The van der Waals surface area contributed by atoms with Gasteiger partial charge in [-0.15, -0.1) is 0 Å². The van der Waals surface area contributed by atoms with Crippen LogP contribution >= 0.6 is 0 Å². The second-order valence-corrected chi connectivity index (χ2v) is 5.38. The average molecular weight is 266 g/mol. The molecular formula is C14H18O5. The molecule has 0 saturated carbocycles. The van der Waals surface area contributed by atoms with Crippen molar-refractivity contribution in [3.8, 4) is 0 Å². The van der Waals surface area contributed by atoms with E-state index in [2.05, 4.69) is 0 Å². The van der Waals surface area contributed by atoms with Crippen LogP contribution < -0.4 is 0 Å². The molecule has 0 spiro atoms. The van der Waals surface area contributed by atoms with Gasteiger partial charge in [0.25, 0.3) is 0 Å². The molecule has 1 saturated heterocycles. The van der Waals surface area contributed by atoms with Crippen LogP contribution in [0, 0.1) is 11.3 Å². The Hall–Kier alpha value is -1.65. The third kappa shape index (κ3) is 2.55. The lowest BCUT2D eigenvalue weighted by atomic mass is 9.72. The van der Waals surface area contributed by atoms with E-state index in [4.69, 9.17) is 9.47 Å². The van der Waals surface area contributed by atoms with E-state index < -0.39 is 11.4 Å². The number of hydrogen-bond acceptors (Lipinski definition) is 5. The first kappa shape index (κ1) is 13.8. The van der Waals surface area contributed by atoms with Crippen LogP contribution in [0.4, 0.5) is 0 Å². The molecule has 1 fully saturated rings. The smallest absolute Gasteiger partial charge is 0.319 e. The van der Waals surface area contributed by atoms with Crippen molar-refractivity contribution in [2.24, 2.45) is 11.3 Å². The zero-order valence-corrected chi connectivity index (χ0v) is 11.2. The molecule has 19 heavy (non-hydrogen) atoms. The highest BCUT2D eigenvalue weighted by Crippen LogP contribution is 2.37. The molecule has 2 atom stereocenters. The molecule has 2 rings (SSSR count). The van der Waals surface area contributed by atoms with Crippen molar-refractivity contribution in [3.63, 3.8) is 0 Å². The Balaban J connectivity index is 2.10. The molecule has 0 aromatic rings. The number of hydrogen-bond donors (Lipinski definition) is 0. The number of allylic oxidation sites excluding steroid dienone is 2. The van der Waals surface area contributed by atoms with Crippen molar-refractivity contribution in [1.82, 2.24) is 0 Å². The van der Waals surface area contributed by atoms with Crippen LogP contribution in [0.2, 0.25) is 0 Å². The van der Waals surface area contributed by atoms with Gasteiger partial charge in [0.1, 0.15) is 5.41 Å². The van der Waals surface area contributed by atoms with Gasteiger partial charge in [-0.3, -0.25) is 14.4 Å². The summed E-state index contributed by atoms with van der Waals surface area (Å²) in [5.74, 6) is -0.834. The summed E-state index contributed by atoms with van der Waals surface area (Å²) in [5, 5.41) is 0. The van der Waals surface area contributed by atoms with Crippen molar-refractivity contribution in [2.45, 2.75) is 32.6 Å². The van der Waals surface area contributed by atoms with E-state index in [-0.39, 0.29) is 17.7 Å². The second kappa shape index (κ2) is 5.15. The van der Waals surface area contributed by atoms with Gasteiger partial charge in [-0.05, 0) is 31.8 Å². The number of rotatable bonds is 3. The molecule has 5 nitrogen and oxygen atoms in total. The normalized spacial score (nSPS) is 30.8. The molecule has 0 radical (unpaired) electrons. The van der Waals surface area contributed by atoms with Gasteiger partial charge in [0.05, 0.1) is 20.1 Å². The number of carbonyl (C=O) groups excluding carboxylic acids is 3. The molecule has 0 amide bonds. The highest BCUT2D eigenvalue weighted by molar-refractivity contribution is 6.12. The fourth-order valence-corrected chi connectivity index (χ4v) is 2.70. The molecule has 1 heterocycles. The maximum atomic E-state index is 12.4. The molecule has 0 aromatic heterocycles. The number of esters is 2. The Kier molecular flexibility index (Phi) is 3.73. The third-order valence-electron chi connectivity index (χ3n) is 3.91. The quantitative estimate of drug-likeness (QED) is 0.570. The first-order valence-corrected chi connectivity index (χ1v) is 6.45. The number of cyclic esters (lactones) is 1. The Labute approximate surface area is 111 Å². The summed E-state index contributed by atoms with van der Waals surface area (Å²) >= 11 is 0. The highest BCUT2D eigenvalue weighted by Gasteiger charge is 2.45. The van der Waals surface area contributed by atoms with Crippen molar-refractivity contribution in [3.05, 3.63) is 11.6 Å². The Morgan fingerprint density at radius 1 is 1.53 bits per heavy atom. The first-order chi connectivity index (χ1) is 8.97. The topological polar surface area (TPSA) is 69.7 Å². The van der Waals surface area contributed by atoms with Crippen LogP contribution in [0.1, 0.15) is 32.6 Å². The van der Waals surface area contributed by atoms with Gasteiger partial charge >= 0.3 is 11.9 Å². The molecule has 0 aromatic carbocycles. The molecule has 1 aliphatic carbocycles. The molecular weight excluding hydrogens is 248 g/mol. The van der Waals surface area contributed by atoms with Crippen LogP contribution in [0.5, 0.6) is 0 Å². The molecule has 5 heteroatoms. The summed E-state index contributed by atoms with van der Waals surface area (Å²) < 4.78 is 9.63. The van der Waals surface area contributed by atoms with Gasteiger partial charge < -0.3 is 9.47 Å². The fraction of sp³-hybridized carbons (Fsp3) is 0.643. The molecule has 1 aliphatic heterocycles. The second-order valence-electron chi connectivity index (χ2n) is 5.38. The highest BCUT2D eigenvalue weighted by atomic mass is 16.5. The molecule has 0 N–H and O–H groups in total. The lowest BCUT2D eigenvalue weighted by Gasteiger charge is -2.29. The third-order valence-corrected chi connectivity index (χ3v) is 3.91. The predicted octanol–water partition coefficient (Wildman–Crippen LogP) is 1.41.